The van der Waals surface area contributed by atoms with Crippen molar-refractivity contribution in [1.82, 2.24) is 9.78 Å². The molecule has 2 rings (SSSR count). The van der Waals surface area contributed by atoms with Gasteiger partial charge in [0.2, 0.25) is 0 Å². The normalized spacial score (nSPS) is 11.2. The monoisotopic (exact) mass is 270 g/mol. The van der Waals surface area contributed by atoms with Crippen LogP contribution >= 0.6 is 0 Å². The Kier molecular flexibility index (Phi) is 4.35. The van der Waals surface area contributed by atoms with Gasteiger partial charge in [0.1, 0.15) is 5.75 Å². The summed E-state index contributed by atoms with van der Waals surface area (Å²) in [7, 11) is 1.78. The van der Waals surface area contributed by atoms with Gasteiger partial charge < -0.3 is 4.74 Å². The number of carbonyl (C=O) groups excluding carboxylic acids is 1. The lowest BCUT2D eigenvalue weighted by Crippen LogP contribution is -2.05. The Morgan fingerprint density at radius 2 is 2.20 bits per heavy atom. The van der Waals surface area contributed by atoms with E-state index in [2.05, 4.69) is 5.10 Å². The molecule has 0 aliphatic rings. The quantitative estimate of drug-likeness (QED) is 0.619. The van der Waals surface area contributed by atoms with Gasteiger partial charge in [-0.2, -0.15) is 5.10 Å². The summed E-state index contributed by atoms with van der Waals surface area (Å²) in [6, 6.07) is 7.65. The van der Waals surface area contributed by atoms with Crippen molar-refractivity contribution in [3.63, 3.8) is 0 Å². The van der Waals surface area contributed by atoms with Crippen LogP contribution < -0.4 is 4.74 Å². The van der Waals surface area contributed by atoms with E-state index in [0.29, 0.717) is 5.56 Å². The van der Waals surface area contributed by atoms with Crippen molar-refractivity contribution in [1.29, 1.82) is 0 Å². The molecule has 0 aliphatic heterocycles. The minimum Gasteiger partial charge on any atom is -0.491 e. The van der Waals surface area contributed by atoms with E-state index in [-0.39, 0.29) is 11.9 Å². The lowest BCUT2D eigenvalue weighted by Gasteiger charge is -2.09. The van der Waals surface area contributed by atoms with Crippen LogP contribution in [0, 0.1) is 0 Å². The molecule has 1 aromatic heterocycles. The highest BCUT2D eigenvalue weighted by Gasteiger charge is 2.04. The molecule has 0 bridgehead atoms. The Morgan fingerprint density at radius 3 is 2.85 bits per heavy atom. The van der Waals surface area contributed by atoms with Crippen molar-refractivity contribution in [2.45, 2.75) is 20.0 Å². The third-order valence-corrected chi connectivity index (χ3v) is 2.65. The fourth-order valence-electron chi connectivity index (χ4n) is 1.78. The summed E-state index contributed by atoms with van der Waals surface area (Å²) in [5, 5.41) is 3.98. The Balaban J connectivity index is 2.09. The molecule has 0 atom stereocenters. The Bertz CT molecular complexity index is 627. The zero-order valence-corrected chi connectivity index (χ0v) is 11.9. The number of hydrogen-bond acceptors (Lipinski definition) is 3. The molecule has 0 N–H and O–H groups in total. The number of rotatable bonds is 5. The number of nitrogens with zero attached hydrogens (tertiary/aromatic N) is 2. The van der Waals surface area contributed by atoms with Crippen molar-refractivity contribution < 1.29 is 9.53 Å². The molecule has 0 radical (unpaired) electrons. The molecule has 0 aliphatic carbocycles. The molecule has 4 heteroatoms. The van der Waals surface area contributed by atoms with E-state index in [1.807, 2.05) is 38.1 Å². The van der Waals surface area contributed by atoms with Crippen molar-refractivity contribution in [2.75, 3.05) is 0 Å². The van der Waals surface area contributed by atoms with Crippen LogP contribution in [-0.2, 0) is 7.05 Å². The van der Waals surface area contributed by atoms with E-state index in [1.165, 1.54) is 0 Å². The van der Waals surface area contributed by atoms with E-state index < -0.39 is 0 Å². The van der Waals surface area contributed by atoms with Gasteiger partial charge in [0.25, 0.3) is 0 Å². The topological polar surface area (TPSA) is 44.1 Å². The maximum absolute atomic E-state index is 11.9. The van der Waals surface area contributed by atoms with Gasteiger partial charge in [-0.25, -0.2) is 0 Å². The summed E-state index contributed by atoms with van der Waals surface area (Å²) in [5.41, 5.74) is 1.51. The molecule has 0 saturated heterocycles. The molecule has 0 unspecified atom stereocenters. The molecule has 0 spiro atoms. The van der Waals surface area contributed by atoms with Crippen LogP contribution in [0.2, 0.25) is 0 Å². The molecular formula is C16H18N2O2. The Labute approximate surface area is 118 Å². The fourth-order valence-corrected chi connectivity index (χ4v) is 1.78. The number of ketones is 1. The summed E-state index contributed by atoms with van der Waals surface area (Å²) in [6.45, 7) is 3.96. The van der Waals surface area contributed by atoms with Crippen LogP contribution in [0.25, 0.3) is 6.08 Å². The summed E-state index contributed by atoms with van der Waals surface area (Å²) < 4.78 is 7.23. The number of aromatic nitrogens is 2. The van der Waals surface area contributed by atoms with Gasteiger partial charge in [0.15, 0.2) is 5.78 Å². The zero-order chi connectivity index (χ0) is 14.5. The van der Waals surface area contributed by atoms with Crippen LogP contribution in [0.1, 0.15) is 29.8 Å². The number of carbonyl (C=O) groups is 1. The van der Waals surface area contributed by atoms with Gasteiger partial charge in [-0.05, 0) is 37.6 Å². The molecule has 20 heavy (non-hydrogen) atoms. The van der Waals surface area contributed by atoms with E-state index in [1.54, 1.807) is 36.3 Å². The largest absolute Gasteiger partial charge is 0.491 e. The highest BCUT2D eigenvalue weighted by Crippen LogP contribution is 2.16. The lowest BCUT2D eigenvalue weighted by molar-refractivity contribution is 0.104. The van der Waals surface area contributed by atoms with Gasteiger partial charge in [-0.3, -0.25) is 9.48 Å². The number of ether oxygens (including phenoxy) is 1. The average molecular weight is 270 g/mol. The maximum atomic E-state index is 11.9. The van der Waals surface area contributed by atoms with Crippen molar-refractivity contribution >= 4 is 11.9 Å². The number of allylic oxidation sites excluding steroid dienone is 1. The second-order valence-electron chi connectivity index (χ2n) is 4.84. The minimum absolute atomic E-state index is 0.0618. The van der Waals surface area contributed by atoms with Crippen LogP contribution in [-0.4, -0.2) is 21.7 Å². The molecule has 1 heterocycles. The molecule has 1 aromatic carbocycles. The third-order valence-electron chi connectivity index (χ3n) is 2.65. The summed E-state index contributed by atoms with van der Waals surface area (Å²) >= 11 is 0. The smallest absolute Gasteiger partial charge is 0.189 e. The van der Waals surface area contributed by atoms with E-state index >= 15 is 0 Å². The molecular weight excluding hydrogens is 252 g/mol. The van der Waals surface area contributed by atoms with Gasteiger partial charge in [0.05, 0.1) is 17.9 Å². The predicted octanol–water partition coefficient (Wildman–Crippen LogP) is 3.10. The zero-order valence-electron chi connectivity index (χ0n) is 11.9. The number of hydrogen-bond donors (Lipinski definition) is 0. The van der Waals surface area contributed by atoms with Gasteiger partial charge in [-0.1, -0.05) is 18.2 Å². The molecule has 0 amide bonds. The van der Waals surface area contributed by atoms with E-state index in [4.69, 9.17) is 4.74 Å². The van der Waals surface area contributed by atoms with Crippen LogP contribution in [0.15, 0.2) is 42.7 Å². The van der Waals surface area contributed by atoms with Crippen LogP contribution in [0.3, 0.4) is 0 Å². The maximum Gasteiger partial charge on any atom is 0.189 e. The van der Waals surface area contributed by atoms with Crippen LogP contribution in [0.5, 0.6) is 5.75 Å². The highest BCUT2D eigenvalue weighted by molar-refractivity contribution is 6.06. The molecule has 104 valence electrons. The highest BCUT2D eigenvalue weighted by atomic mass is 16.5. The van der Waals surface area contributed by atoms with Crippen molar-refractivity contribution in [2.24, 2.45) is 7.05 Å². The average Bonchev–Trinajstić information content (AvgIpc) is 2.82. The first-order valence-corrected chi connectivity index (χ1v) is 6.52. The van der Waals surface area contributed by atoms with Crippen molar-refractivity contribution in [3.8, 4) is 5.75 Å². The molecule has 0 saturated carbocycles. The molecule has 4 nitrogen and oxygen atoms in total. The second-order valence-corrected chi connectivity index (χ2v) is 4.84. The van der Waals surface area contributed by atoms with Gasteiger partial charge in [0, 0.05) is 13.2 Å². The summed E-state index contributed by atoms with van der Waals surface area (Å²) in [5.74, 6) is 0.740. The fraction of sp³-hybridized carbons (Fsp3) is 0.250. The van der Waals surface area contributed by atoms with Crippen molar-refractivity contribution in [3.05, 3.63) is 53.9 Å². The predicted molar refractivity (Wildman–Crippen MR) is 78.8 cm³/mol. The van der Waals surface area contributed by atoms with E-state index in [9.17, 15) is 4.79 Å². The first-order chi connectivity index (χ1) is 9.54. The molecule has 0 fully saturated rings. The lowest BCUT2D eigenvalue weighted by atomic mass is 10.1. The SMILES string of the molecule is CC(C)Oc1cccc(/C=C/C(=O)c2cnn(C)c2)c1. The first-order valence-electron chi connectivity index (χ1n) is 6.52. The van der Waals surface area contributed by atoms with Crippen LogP contribution in [0.4, 0.5) is 0 Å². The Hall–Kier alpha value is -2.36. The Morgan fingerprint density at radius 1 is 1.40 bits per heavy atom. The van der Waals surface area contributed by atoms with Gasteiger partial charge >= 0.3 is 0 Å². The standard InChI is InChI=1S/C16H18N2O2/c1-12(2)20-15-6-4-5-13(9-15)7-8-16(19)14-10-17-18(3)11-14/h4-12H,1-3H3/b8-7+. The third kappa shape index (κ3) is 3.82. The summed E-state index contributed by atoms with van der Waals surface area (Å²) in [4.78, 5) is 11.9. The van der Waals surface area contributed by atoms with E-state index in [0.717, 1.165) is 11.3 Å². The van der Waals surface area contributed by atoms with Gasteiger partial charge in [-0.15, -0.1) is 0 Å². The second kappa shape index (κ2) is 6.19. The number of aryl methyl sites for hydroxylation is 1. The first kappa shape index (κ1) is 14.1. The summed E-state index contributed by atoms with van der Waals surface area (Å²) in [6.07, 6.45) is 6.72. The number of benzene rings is 1. The molecule has 2 aromatic rings. The minimum atomic E-state index is -0.0618.